The second-order valence-electron chi connectivity index (χ2n) is 3.03. The van der Waals surface area contributed by atoms with E-state index in [1.807, 2.05) is 0 Å². The highest BCUT2D eigenvalue weighted by Crippen LogP contribution is 2.40. The lowest BCUT2D eigenvalue weighted by Crippen LogP contribution is -2.41. The van der Waals surface area contributed by atoms with Crippen LogP contribution in [0.2, 0.25) is 0 Å². The number of ether oxygens (including phenoxy) is 1. The predicted octanol–water partition coefficient (Wildman–Crippen LogP) is -1.05. The molecule has 0 saturated carbocycles. The minimum Gasteiger partial charge on any atom is -0.394 e. The van der Waals surface area contributed by atoms with E-state index in [9.17, 15) is 9.67 Å². The number of hydrogen-bond acceptors (Lipinski definition) is 5. The molecular weight excluding hydrogens is 215 g/mol. The van der Waals surface area contributed by atoms with Crippen LogP contribution in [0, 0.1) is 0 Å². The molecule has 1 rings (SSSR count). The summed E-state index contributed by atoms with van der Waals surface area (Å²) in [7, 11) is -4.58. The Kier molecular flexibility index (Phi) is 4.03. The van der Waals surface area contributed by atoms with E-state index < -0.39 is 32.9 Å². The highest BCUT2D eigenvalue weighted by Gasteiger charge is 2.33. The third-order valence-corrected chi connectivity index (χ3v) is 2.40. The van der Waals surface area contributed by atoms with Crippen LogP contribution in [-0.2, 0) is 13.8 Å². The Labute approximate surface area is 80.5 Å². The maximum absolute atomic E-state index is 10.4. The van der Waals surface area contributed by atoms with Crippen molar-refractivity contribution in [2.45, 2.75) is 31.3 Å². The molecule has 0 aliphatic carbocycles. The largest absolute Gasteiger partial charge is 0.471 e. The molecule has 0 aromatic carbocycles. The first kappa shape index (κ1) is 12.1. The molecule has 0 aromatic heterocycles. The van der Waals surface area contributed by atoms with Gasteiger partial charge in [-0.25, -0.2) is 4.57 Å². The summed E-state index contributed by atoms with van der Waals surface area (Å²) in [5, 5.41) is 18.0. The molecule has 3 atom stereocenters. The predicted molar refractivity (Wildman–Crippen MR) is 44.1 cm³/mol. The van der Waals surface area contributed by atoms with Gasteiger partial charge in [0, 0.05) is 6.42 Å². The Morgan fingerprint density at radius 2 is 2.07 bits per heavy atom. The van der Waals surface area contributed by atoms with Gasteiger partial charge in [0.2, 0.25) is 0 Å². The van der Waals surface area contributed by atoms with Crippen molar-refractivity contribution in [2.24, 2.45) is 0 Å². The molecule has 1 heterocycles. The molecule has 1 aliphatic rings. The van der Waals surface area contributed by atoms with Gasteiger partial charge in [0.15, 0.2) is 6.29 Å². The highest BCUT2D eigenvalue weighted by molar-refractivity contribution is 7.46. The van der Waals surface area contributed by atoms with Crippen molar-refractivity contribution >= 4 is 7.82 Å². The van der Waals surface area contributed by atoms with Gasteiger partial charge in [-0.2, -0.15) is 0 Å². The standard InChI is InChI=1S/C6H13O7P/c7-3-5-4(8)1-2-6(12-5)13-14(9,10)11/h4-8H,1-3H2,(H2,9,10,11)/t4-,5+,6?/m0/s1. The number of phosphoric ester groups is 1. The van der Waals surface area contributed by atoms with Crippen molar-refractivity contribution in [1.29, 1.82) is 0 Å². The summed E-state index contributed by atoms with van der Waals surface area (Å²) < 4.78 is 19.6. The smallest absolute Gasteiger partial charge is 0.394 e. The Balaban J connectivity index is 2.47. The van der Waals surface area contributed by atoms with Gasteiger partial charge in [0.05, 0.1) is 12.7 Å². The van der Waals surface area contributed by atoms with Crippen molar-refractivity contribution in [1.82, 2.24) is 0 Å². The fraction of sp³-hybridized carbons (Fsp3) is 1.00. The van der Waals surface area contributed by atoms with Gasteiger partial charge in [0.25, 0.3) is 0 Å². The van der Waals surface area contributed by atoms with Crippen molar-refractivity contribution in [3.8, 4) is 0 Å². The third kappa shape index (κ3) is 3.62. The molecule has 1 saturated heterocycles. The SMILES string of the molecule is O=P(O)(O)OC1CC[C@H](O)[C@@H](CO)O1. The van der Waals surface area contributed by atoms with Gasteiger partial charge < -0.3 is 24.7 Å². The van der Waals surface area contributed by atoms with E-state index in [1.54, 1.807) is 0 Å². The zero-order chi connectivity index (χ0) is 10.8. The van der Waals surface area contributed by atoms with E-state index >= 15 is 0 Å². The van der Waals surface area contributed by atoms with Gasteiger partial charge in [-0.15, -0.1) is 0 Å². The number of hydrogen-bond donors (Lipinski definition) is 4. The quantitative estimate of drug-likeness (QED) is 0.455. The summed E-state index contributed by atoms with van der Waals surface area (Å²) in [4.78, 5) is 17.0. The first-order valence-electron chi connectivity index (χ1n) is 4.10. The molecule has 0 bridgehead atoms. The number of rotatable bonds is 3. The topological polar surface area (TPSA) is 116 Å². The lowest BCUT2D eigenvalue weighted by molar-refractivity contribution is -0.201. The summed E-state index contributed by atoms with van der Waals surface area (Å²) in [6.45, 7) is -0.414. The van der Waals surface area contributed by atoms with Crippen LogP contribution in [0.4, 0.5) is 0 Å². The van der Waals surface area contributed by atoms with Crippen molar-refractivity contribution < 1.29 is 33.8 Å². The highest BCUT2D eigenvalue weighted by atomic mass is 31.2. The minimum absolute atomic E-state index is 0.183. The second-order valence-corrected chi connectivity index (χ2v) is 4.22. The van der Waals surface area contributed by atoms with Gasteiger partial charge in [-0.05, 0) is 6.42 Å². The lowest BCUT2D eigenvalue weighted by atomic mass is 10.1. The van der Waals surface area contributed by atoms with E-state index in [2.05, 4.69) is 4.52 Å². The van der Waals surface area contributed by atoms with Crippen molar-refractivity contribution in [3.05, 3.63) is 0 Å². The molecule has 8 heteroatoms. The van der Waals surface area contributed by atoms with Crippen LogP contribution in [0.1, 0.15) is 12.8 Å². The van der Waals surface area contributed by atoms with E-state index in [-0.39, 0.29) is 12.8 Å². The first-order valence-corrected chi connectivity index (χ1v) is 5.64. The molecular formula is C6H13O7P. The molecule has 1 fully saturated rings. The van der Waals surface area contributed by atoms with Crippen LogP contribution in [0.15, 0.2) is 0 Å². The Hall–Kier alpha value is -0.0100. The summed E-state index contributed by atoms with van der Waals surface area (Å²) in [6.07, 6.45) is -2.29. The summed E-state index contributed by atoms with van der Waals surface area (Å²) >= 11 is 0. The first-order chi connectivity index (χ1) is 6.42. The average Bonchev–Trinajstić information content (AvgIpc) is 2.06. The van der Waals surface area contributed by atoms with Crippen LogP contribution in [0.3, 0.4) is 0 Å². The molecule has 0 spiro atoms. The fourth-order valence-electron chi connectivity index (χ4n) is 1.24. The average molecular weight is 228 g/mol. The van der Waals surface area contributed by atoms with Crippen LogP contribution >= 0.6 is 7.82 Å². The van der Waals surface area contributed by atoms with E-state index in [4.69, 9.17) is 19.6 Å². The molecule has 4 N–H and O–H groups in total. The zero-order valence-corrected chi connectivity index (χ0v) is 8.21. The fourth-order valence-corrected chi connectivity index (χ4v) is 1.70. The van der Waals surface area contributed by atoms with E-state index in [0.717, 1.165) is 0 Å². The van der Waals surface area contributed by atoms with E-state index in [0.29, 0.717) is 0 Å². The molecule has 1 aliphatic heterocycles. The Morgan fingerprint density at radius 3 is 2.57 bits per heavy atom. The summed E-state index contributed by atoms with van der Waals surface area (Å²) in [5.74, 6) is 0. The minimum atomic E-state index is -4.58. The number of phosphoric acid groups is 1. The molecule has 0 aromatic rings. The lowest BCUT2D eigenvalue weighted by Gasteiger charge is -2.32. The number of aliphatic hydroxyl groups excluding tert-OH is 2. The summed E-state index contributed by atoms with van der Waals surface area (Å²) in [5.41, 5.74) is 0. The van der Waals surface area contributed by atoms with Gasteiger partial charge in [0.1, 0.15) is 6.10 Å². The monoisotopic (exact) mass is 228 g/mol. The van der Waals surface area contributed by atoms with E-state index in [1.165, 1.54) is 0 Å². The third-order valence-electron chi connectivity index (χ3n) is 1.89. The van der Waals surface area contributed by atoms with Crippen molar-refractivity contribution in [3.63, 3.8) is 0 Å². The Bertz CT molecular complexity index is 226. The molecule has 0 radical (unpaired) electrons. The molecule has 14 heavy (non-hydrogen) atoms. The molecule has 0 amide bonds. The molecule has 84 valence electrons. The normalized spacial score (nSPS) is 34.4. The van der Waals surface area contributed by atoms with Crippen molar-refractivity contribution in [2.75, 3.05) is 6.61 Å². The van der Waals surface area contributed by atoms with Crippen LogP contribution in [0.5, 0.6) is 0 Å². The second kappa shape index (κ2) is 4.67. The van der Waals surface area contributed by atoms with Crippen LogP contribution < -0.4 is 0 Å². The van der Waals surface area contributed by atoms with Crippen LogP contribution in [0.25, 0.3) is 0 Å². The number of aliphatic hydroxyl groups is 2. The van der Waals surface area contributed by atoms with Crippen LogP contribution in [-0.4, -0.2) is 45.1 Å². The zero-order valence-electron chi connectivity index (χ0n) is 7.31. The Morgan fingerprint density at radius 1 is 1.43 bits per heavy atom. The van der Waals surface area contributed by atoms with Gasteiger partial charge in [-0.3, -0.25) is 4.52 Å². The summed E-state index contributed by atoms with van der Waals surface area (Å²) in [6, 6.07) is 0. The van der Waals surface area contributed by atoms with Gasteiger partial charge in [-0.1, -0.05) is 0 Å². The van der Waals surface area contributed by atoms with Gasteiger partial charge >= 0.3 is 7.82 Å². The molecule has 7 nitrogen and oxygen atoms in total. The molecule has 1 unspecified atom stereocenters. The maximum Gasteiger partial charge on any atom is 0.471 e. The maximum atomic E-state index is 10.4.